The fourth-order valence-electron chi connectivity index (χ4n) is 2.26. The van der Waals surface area contributed by atoms with Crippen LogP contribution in [0.5, 0.6) is 0 Å². The molecule has 100 valence electrons. The van der Waals surface area contributed by atoms with Gasteiger partial charge in [0.2, 0.25) is 10.0 Å². The van der Waals surface area contributed by atoms with E-state index in [2.05, 4.69) is 38.1 Å². The minimum absolute atomic E-state index is 0.304. The lowest BCUT2D eigenvalue weighted by Crippen LogP contribution is -2.25. The minimum Gasteiger partial charge on any atom is -0.212 e. The van der Waals surface area contributed by atoms with Crippen molar-refractivity contribution in [2.24, 2.45) is 0 Å². The van der Waals surface area contributed by atoms with Crippen molar-refractivity contribution in [3.8, 4) is 0 Å². The molecule has 18 heavy (non-hydrogen) atoms. The van der Waals surface area contributed by atoms with Crippen LogP contribution < -0.4 is 0 Å². The summed E-state index contributed by atoms with van der Waals surface area (Å²) in [4.78, 5) is 0. The number of rotatable bonds is 4. The van der Waals surface area contributed by atoms with Crippen LogP contribution in [0.3, 0.4) is 0 Å². The molecular formula is C14H21NO2S. The van der Waals surface area contributed by atoms with Crippen LogP contribution in [0, 0.1) is 0 Å². The van der Waals surface area contributed by atoms with Crippen molar-refractivity contribution >= 4 is 10.0 Å². The van der Waals surface area contributed by atoms with Crippen molar-refractivity contribution in [2.45, 2.75) is 39.2 Å². The Balaban J connectivity index is 2.07. The fourth-order valence-corrected chi connectivity index (χ4v) is 3.76. The summed E-state index contributed by atoms with van der Waals surface area (Å²) in [6.07, 6.45) is 1.88. The van der Waals surface area contributed by atoms with Crippen molar-refractivity contribution in [3.63, 3.8) is 0 Å². The highest BCUT2D eigenvalue weighted by Crippen LogP contribution is 2.21. The number of hydrogen-bond acceptors (Lipinski definition) is 2. The third-order valence-electron chi connectivity index (χ3n) is 3.72. The van der Waals surface area contributed by atoms with E-state index in [9.17, 15) is 8.42 Å². The third kappa shape index (κ3) is 2.93. The maximum absolute atomic E-state index is 11.7. The molecule has 1 atom stereocenters. The van der Waals surface area contributed by atoms with Crippen LogP contribution in [0.4, 0.5) is 0 Å². The molecule has 0 aliphatic carbocycles. The summed E-state index contributed by atoms with van der Waals surface area (Å²) in [5, 5.41) is 0. The van der Waals surface area contributed by atoms with Gasteiger partial charge >= 0.3 is 0 Å². The van der Waals surface area contributed by atoms with Crippen LogP contribution in [-0.2, 0) is 16.6 Å². The molecule has 1 aliphatic rings. The van der Waals surface area contributed by atoms with E-state index in [0.29, 0.717) is 24.8 Å². The molecule has 1 aliphatic heterocycles. The fraction of sp³-hybridized carbons (Fsp3) is 0.571. The van der Waals surface area contributed by atoms with Gasteiger partial charge in [0.1, 0.15) is 0 Å². The second kappa shape index (κ2) is 5.41. The van der Waals surface area contributed by atoms with E-state index in [0.717, 1.165) is 18.4 Å². The predicted molar refractivity (Wildman–Crippen MR) is 74.0 cm³/mol. The van der Waals surface area contributed by atoms with Gasteiger partial charge < -0.3 is 0 Å². The molecule has 4 heteroatoms. The van der Waals surface area contributed by atoms with E-state index in [4.69, 9.17) is 0 Å². The normalized spacial score (nSPS) is 21.0. The number of benzene rings is 1. The van der Waals surface area contributed by atoms with Crippen LogP contribution in [-0.4, -0.2) is 25.0 Å². The van der Waals surface area contributed by atoms with Crippen molar-refractivity contribution in [1.82, 2.24) is 4.31 Å². The number of sulfonamides is 1. The van der Waals surface area contributed by atoms with Gasteiger partial charge in [0, 0.05) is 13.1 Å². The van der Waals surface area contributed by atoms with E-state index < -0.39 is 10.0 Å². The standard InChI is InChI=1S/C14H21NO2S/c1-3-12(2)14-7-5-13(6-8-14)11-15-9-4-10-18(15,16)17/h5-8,12H,3-4,9-11H2,1-2H3. The first-order chi connectivity index (χ1) is 8.53. The van der Waals surface area contributed by atoms with Crippen LogP contribution in [0.25, 0.3) is 0 Å². The molecular weight excluding hydrogens is 246 g/mol. The Hall–Kier alpha value is -0.870. The summed E-state index contributed by atoms with van der Waals surface area (Å²) in [6, 6.07) is 8.34. The van der Waals surface area contributed by atoms with E-state index in [1.54, 1.807) is 4.31 Å². The average molecular weight is 267 g/mol. The zero-order valence-corrected chi connectivity index (χ0v) is 11.9. The molecule has 0 radical (unpaired) electrons. The molecule has 1 unspecified atom stereocenters. The second-order valence-corrected chi connectivity index (χ2v) is 7.14. The summed E-state index contributed by atoms with van der Waals surface area (Å²) in [7, 11) is -2.98. The summed E-state index contributed by atoms with van der Waals surface area (Å²) in [6.45, 7) is 5.56. The Labute approximate surface area is 110 Å². The van der Waals surface area contributed by atoms with Crippen molar-refractivity contribution in [2.75, 3.05) is 12.3 Å². The van der Waals surface area contributed by atoms with Crippen molar-refractivity contribution in [1.29, 1.82) is 0 Å². The highest BCUT2D eigenvalue weighted by atomic mass is 32.2. The lowest BCUT2D eigenvalue weighted by atomic mass is 9.98. The topological polar surface area (TPSA) is 37.4 Å². The molecule has 0 N–H and O–H groups in total. The van der Waals surface area contributed by atoms with Gasteiger partial charge in [-0.3, -0.25) is 0 Å². The molecule has 0 amide bonds. The van der Waals surface area contributed by atoms with E-state index >= 15 is 0 Å². The van der Waals surface area contributed by atoms with Gasteiger partial charge in [-0.1, -0.05) is 38.1 Å². The van der Waals surface area contributed by atoms with E-state index in [-0.39, 0.29) is 0 Å². The average Bonchev–Trinajstić information content (AvgIpc) is 2.69. The number of hydrogen-bond donors (Lipinski definition) is 0. The first kappa shape index (κ1) is 13.6. The molecule has 1 aromatic rings. The molecule has 1 aromatic carbocycles. The Morgan fingerprint density at radius 2 is 1.94 bits per heavy atom. The molecule has 0 spiro atoms. The SMILES string of the molecule is CCC(C)c1ccc(CN2CCCS2(=O)=O)cc1. The van der Waals surface area contributed by atoms with Gasteiger partial charge in [-0.25, -0.2) is 8.42 Å². The largest absolute Gasteiger partial charge is 0.214 e. The van der Waals surface area contributed by atoms with Gasteiger partial charge in [-0.15, -0.1) is 0 Å². The highest BCUT2D eigenvalue weighted by Gasteiger charge is 2.27. The molecule has 0 saturated carbocycles. The molecule has 1 saturated heterocycles. The maximum Gasteiger partial charge on any atom is 0.214 e. The Morgan fingerprint density at radius 1 is 1.28 bits per heavy atom. The summed E-state index contributed by atoms with van der Waals surface area (Å²) < 4.78 is 25.0. The summed E-state index contributed by atoms with van der Waals surface area (Å²) in [5.74, 6) is 0.868. The Kier molecular flexibility index (Phi) is 4.07. The minimum atomic E-state index is -2.98. The predicted octanol–water partition coefficient (Wildman–Crippen LogP) is 2.74. The first-order valence-corrected chi connectivity index (χ1v) is 8.20. The van der Waals surface area contributed by atoms with Crippen molar-refractivity contribution in [3.05, 3.63) is 35.4 Å². The zero-order valence-electron chi connectivity index (χ0n) is 11.1. The molecule has 2 rings (SSSR count). The second-order valence-electron chi connectivity index (χ2n) is 5.05. The van der Waals surface area contributed by atoms with Crippen LogP contribution in [0.15, 0.2) is 24.3 Å². The number of nitrogens with zero attached hydrogens (tertiary/aromatic N) is 1. The van der Waals surface area contributed by atoms with Gasteiger partial charge in [0.25, 0.3) is 0 Å². The molecule has 0 bridgehead atoms. The van der Waals surface area contributed by atoms with Gasteiger partial charge in [-0.05, 0) is 29.9 Å². The van der Waals surface area contributed by atoms with Crippen LogP contribution in [0.2, 0.25) is 0 Å². The Bertz CT molecular complexity index is 493. The van der Waals surface area contributed by atoms with Crippen LogP contribution in [0.1, 0.15) is 43.7 Å². The first-order valence-electron chi connectivity index (χ1n) is 6.59. The smallest absolute Gasteiger partial charge is 0.212 e. The van der Waals surface area contributed by atoms with Gasteiger partial charge in [0.15, 0.2) is 0 Å². The summed E-state index contributed by atoms with van der Waals surface area (Å²) >= 11 is 0. The third-order valence-corrected chi connectivity index (χ3v) is 5.63. The highest BCUT2D eigenvalue weighted by molar-refractivity contribution is 7.89. The van der Waals surface area contributed by atoms with Gasteiger partial charge in [0.05, 0.1) is 5.75 Å². The molecule has 1 fully saturated rings. The monoisotopic (exact) mass is 267 g/mol. The molecule has 1 heterocycles. The maximum atomic E-state index is 11.7. The van der Waals surface area contributed by atoms with E-state index in [1.165, 1.54) is 5.56 Å². The Morgan fingerprint density at radius 3 is 2.44 bits per heavy atom. The molecule has 3 nitrogen and oxygen atoms in total. The lowest BCUT2D eigenvalue weighted by molar-refractivity contribution is 0.439. The summed E-state index contributed by atoms with van der Waals surface area (Å²) in [5.41, 5.74) is 2.40. The quantitative estimate of drug-likeness (QED) is 0.841. The van der Waals surface area contributed by atoms with E-state index in [1.807, 2.05) is 0 Å². The lowest BCUT2D eigenvalue weighted by Gasteiger charge is -2.15. The van der Waals surface area contributed by atoms with Gasteiger partial charge in [-0.2, -0.15) is 4.31 Å². The van der Waals surface area contributed by atoms with Crippen LogP contribution >= 0.6 is 0 Å². The zero-order chi connectivity index (χ0) is 13.2. The molecule has 0 aromatic heterocycles. The van der Waals surface area contributed by atoms with Crippen molar-refractivity contribution < 1.29 is 8.42 Å².